The lowest BCUT2D eigenvalue weighted by atomic mass is 9.86. The normalized spacial score (nSPS) is 28.6. The predicted octanol–water partition coefficient (Wildman–Crippen LogP) is 3.03. The summed E-state index contributed by atoms with van der Waals surface area (Å²) in [5.74, 6) is 1.52. The lowest BCUT2D eigenvalue weighted by molar-refractivity contribution is 0.00727. The molecule has 2 N–H and O–H groups in total. The fourth-order valence-electron chi connectivity index (χ4n) is 2.88. The molecule has 0 bridgehead atoms. The second-order valence-electron chi connectivity index (χ2n) is 5.13. The van der Waals surface area contributed by atoms with Crippen molar-refractivity contribution in [2.45, 2.75) is 31.4 Å². The van der Waals surface area contributed by atoms with Crippen molar-refractivity contribution in [2.24, 2.45) is 11.7 Å². The Morgan fingerprint density at radius 1 is 1.22 bits per heavy atom. The van der Waals surface area contributed by atoms with E-state index in [1.165, 1.54) is 0 Å². The van der Waals surface area contributed by atoms with Gasteiger partial charge in [-0.15, -0.1) is 0 Å². The number of fused-ring (bicyclic) bond motifs is 1. The van der Waals surface area contributed by atoms with Crippen molar-refractivity contribution in [3.05, 3.63) is 28.2 Å². The number of benzene rings is 1. The predicted molar refractivity (Wildman–Crippen MR) is 73.6 cm³/mol. The van der Waals surface area contributed by atoms with E-state index in [-0.39, 0.29) is 12.1 Å². The van der Waals surface area contributed by atoms with Crippen LogP contribution in [-0.4, -0.2) is 19.3 Å². The molecule has 2 aliphatic heterocycles. The number of rotatable bonds is 1. The van der Waals surface area contributed by atoms with Crippen LogP contribution in [0.2, 0.25) is 0 Å². The van der Waals surface area contributed by atoms with Gasteiger partial charge in [-0.05, 0) is 25.0 Å². The molecule has 98 valence electrons. The van der Waals surface area contributed by atoms with Crippen molar-refractivity contribution < 1.29 is 9.47 Å². The average Bonchev–Trinajstić information content (AvgIpc) is 2.39. The fourth-order valence-corrected chi connectivity index (χ4v) is 3.22. The van der Waals surface area contributed by atoms with E-state index in [1.54, 1.807) is 0 Å². The summed E-state index contributed by atoms with van der Waals surface area (Å²) in [6.07, 6.45) is 3.33. The number of ether oxygens (including phenoxy) is 2. The van der Waals surface area contributed by atoms with Gasteiger partial charge in [-0.2, -0.15) is 0 Å². The first kappa shape index (κ1) is 12.5. The standard InChI is InChI=1S/C14H18BrNO2/c15-10-1-2-11-12(16)8-13(18-14(11)7-10)9-3-5-17-6-4-9/h1-2,7,9,12-13H,3-6,8,16H2/t12-,13?/m1/s1. The highest BCUT2D eigenvalue weighted by atomic mass is 79.9. The van der Waals surface area contributed by atoms with E-state index in [2.05, 4.69) is 22.0 Å². The number of halogens is 1. The molecule has 2 heterocycles. The molecule has 1 fully saturated rings. The Bertz CT molecular complexity index is 432. The summed E-state index contributed by atoms with van der Waals surface area (Å²) in [5.41, 5.74) is 7.39. The summed E-state index contributed by atoms with van der Waals surface area (Å²) >= 11 is 3.49. The molecule has 0 saturated carbocycles. The molecule has 2 atom stereocenters. The monoisotopic (exact) mass is 311 g/mol. The van der Waals surface area contributed by atoms with E-state index >= 15 is 0 Å². The van der Waals surface area contributed by atoms with Crippen LogP contribution in [0.15, 0.2) is 22.7 Å². The number of nitrogens with two attached hydrogens (primary N) is 1. The lowest BCUT2D eigenvalue weighted by Crippen LogP contribution is -2.37. The SMILES string of the molecule is N[C@@H]1CC(C2CCOCC2)Oc2cc(Br)ccc21. The van der Waals surface area contributed by atoms with Gasteiger partial charge >= 0.3 is 0 Å². The van der Waals surface area contributed by atoms with Gasteiger partial charge in [-0.1, -0.05) is 22.0 Å². The molecule has 1 unspecified atom stereocenters. The van der Waals surface area contributed by atoms with Crippen LogP contribution in [0.3, 0.4) is 0 Å². The molecule has 0 radical (unpaired) electrons. The van der Waals surface area contributed by atoms with Crippen LogP contribution in [0.5, 0.6) is 5.75 Å². The Morgan fingerprint density at radius 3 is 2.78 bits per heavy atom. The topological polar surface area (TPSA) is 44.5 Å². The molecule has 3 nitrogen and oxygen atoms in total. The Labute approximate surface area is 116 Å². The van der Waals surface area contributed by atoms with E-state index < -0.39 is 0 Å². The van der Waals surface area contributed by atoms with Gasteiger partial charge in [-0.3, -0.25) is 0 Å². The highest BCUT2D eigenvalue weighted by molar-refractivity contribution is 9.10. The molecular weight excluding hydrogens is 294 g/mol. The zero-order valence-corrected chi connectivity index (χ0v) is 11.9. The van der Waals surface area contributed by atoms with Crippen LogP contribution in [0, 0.1) is 5.92 Å². The Balaban J connectivity index is 1.81. The third-order valence-corrected chi connectivity index (χ3v) is 4.42. The van der Waals surface area contributed by atoms with Gasteiger partial charge in [0.25, 0.3) is 0 Å². The molecule has 0 aromatic heterocycles. The van der Waals surface area contributed by atoms with E-state index in [0.717, 1.165) is 48.3 Å². The number of hydrogen-bond donors (Lipinski definition) is 1. The van der Waals surface area contributed by atoms with Crippen molar-refractivity contribution in [3.8, 4) is 5.75 Å². The maximum absolute atomic E-state index is 6.27. The Morgan fingerprint density at radius 2 is 2.00 bits per heavy atom. The van der Waals surface area contributed by atoms with Gasteiger partial charge in [0.15, 0.2) is 0 Å². The zero-order chi connectivity index (χ0) is 12.5. The van der Waals surface area contributed by atoms with Crippen molar-refractivity contribution >= 4 is 15.9 Å². The lowest BCUT2D eigenvalue weighted by Gasteiger charge is -2.36. The van der Waals surface area contributed by atoms with E-state index in [1.807, 2.05) is 12.1 Å². The van der Waals surface area contributed by atoms with Crippen LogP contribution in [0.25, 0.3) is 0 Å². The quantitative estimate of drug-likeness (QED) is 0.867. The van der Waals surface area contributed by atoms with Crippen molar-refractivity contribution in [1.82, 2.24) is 0 Å². The van der Waals surface area contributed by atoms with Crippen molar-refractivity contribution in [2.75, 3.05) is 13.2 Å². The van der Waals surface area contributed by atoms with Gasteiger partial charge in [0.2, 0.25) is 0 Å². The first-order chi connectivity index (χ1) is 8.74. The van der Waals surface area contributed by atoms with Gasteiger partial charge < -0.3 is 15.2 Å². The summed E-state index contributed by atoms with van der Waals surface area (Å²) in [7, 11) is 0. The Hall–Kier alpha value is -0.580. The third-order valence-electron chi connectivity index (χ3n) is 3.93. The second-order valence-corrected chi connectivity index (χ2v) is 6.05. The molecular formula is C14H18BrNO2. The molecule has 4 heteroatoms. The highest BCUT2D eigenvalue weighted by Gasteiger charge is 2.32. The molecule has 0 spiro atoms. The molecule has 1 aromatic carbocycles. The van der Waals surface area contributed by atoms with E-state index in [0.29, 0.717) is 5.92 Å². The minimum atomic E-state index is 0.0923. The van der Waals surface area contributed by atoms with Gasteiger partial charge in [0.1, 0.15) is 11.9 Å². The van der Waals surface area contributed by atoms with Crippen LogP contribution >= 0.6 is 15.9 Å². The second kappa shape index (κ2) is 5.19. The highest BCUT2D eigenvalue weighted by Crippen LogP contribution is 2.39. The summed E-state index contributed by atoms with van der Waals surface area (Å²) in [6, 6.07) is 6.21. The zero-order valence-electron chi connectivity index (χ0n) is 10.3. The van der Waals surface area contributed by atoms with Crippen molar-refractivity contribution in [3.63, 3.8) is 0 Å². The first-order valence-corrected chi connectivity index (χ1v) is 7.33. The van der Waals surface area contributed by atoms with E-state index in [9.17, 15) is 0 Å². The van der Waals surface area contributed by atoms with Gasteiger partial charge in [-0.25, -0.2) is 0 Å². The molecule has 1 aromatic rings. The van der Waals surface area contributed by atoms with Crippen LogP contribution in [-0.2, 0) is 4.74 Å². The maximum atomic E-state index is 6.27. The largest absolute Gasteiger partial charge is 0.490 e. The summed E-state index contributed by atoms with van der Waals surface area (Å²) in [6.45, 7) is 1.70. The van der Waals surface area contributed by atoms with Crippen molar-refractivity contribution in [1.29, 1.82) is 0 Å². The fraction of sp³-hybridized carbons (Fsp3) is 0.571. The third kappa shape index (κ3) is 2.42. The summed E-state index contributed by atoms with van der Waals surface area (Å²) in [4.78, 5) is 0. The molecule has 0 aliphatic carbocycles. The first-order valence-electron chi connectivity index (χ1n) is 6.53. The minimum Gasteiger partial charge on any atom is -0.490 e. The Kier molecular flexibility index (Phi) is 3.59. The van der Waals surface area contributed by atoms with Gasteiger partial charge in [0, 0.05) is 41.6 Å². The molecule has 18 heavy (non-hydrogen) atoms. The minimum absolute atomic E-state index is 0.0923. The maximum Gasteiger partial charge on any atom is 0.125 e. The molecule has 3 rings (SSSR count). The molecule has 1 saturated heterocycles. The van der Waals surface area contributed by atoms with Crippen LogP contribution < -0.4 is 10.5 Å². The average molecular weight is 312 g/mol. The summed E-state index contributed by atoms with van der Waals surface area (Å²) < 4.78 is 12.6. The summed E-state index contributed by atoms with van der Waals surface area (Å²) in [5, 5.41) is 0. The molecule has 2 aliphatic rings. The van der Waals surface area contributed by atoms with E-state index in [4.69, 9.17) is 15.2 Å². The molecule has 0 amide bonds. The van der Waals surface area contributed by atoms with Crippen LogP contribution in [0.1, 0.15) is 30.9 Å². The number of hydrogen-bond acceptors (Lipinski definition) is 3. The van der Waals surface area contributed by atoms with Crippen LogP contribution in [0.4, 0.5) is 0 Å². The smallest absolute Gasteiger partial charge is 0.125 e. The van der Waals surface area contributed by atoms with Gasteiger partial charge in [0.05, 0.1) is 0 Å².